The van der Waals surface area contributed by atoms with E-state index in [0.717, 1.165) is 19.4 Å². The third-order valence-electron chi connectivity index (χ3n) is 1.60. The fourth-order valence-electron chi connectivity index (χ4n) is 0.960. The van der Waals surface area contributed by atoms with Crippen LogP contribution in [0.4, 0.5) is 11.8 Å². The van der Waals surface area contributed by atoms with Crippen LogP contribution in [-0.4, -0.2) is 16.5 Å². The van der Waals surface area contributed by atoms with Crippen LogP contribution in [0.2, 0.25) is 0 Å². The highest BCUT2D eigenvalue weighted by Gasteiger charge is 1.96. The van der Waals surface area contributed by atoms with Gasteiger partial charge in [-0.05, 0) is 6.42 Å². The molecule has 0 amide bonds. The van der Waals surface area contributed by atoms with Gasteiger partial charge in [0.2, 0.25) is 5.95 Å². The smallest absolute Gasteiger partial charge is 0.254 e. The van der Waals surface area contributed by atoms with Crippen molar-refractivity contribution < 1.29 is 0 Å². The fourth-order valence-corrected chi connectivity index (χ4v) is 0.960. The van der Waals surface area contributed by atoms with E-state index in [1.165, 1.54) is 6.07 Å². The summed E-state index contributed by atoms with van der Waals surface area (Å²) in [5.74, 6) is 0.682. The normalized spacial score (nSPS) is 9.92. The summed E-state index contributed by atoms with van der Waals surface area (Å²) in [7, 11) is 0. The summed E-state index contributed by atoms with van der Waals surface area (Å²) in [5.41, 5.74) is 5.13. The van der Waals surface area contributed by atoms with E-state index >= 15 is 0 Å². The largest absolute Gasteiger partial charge is 0.370 e. The highest BCUT2D eigenvalue weighted by Crippen LogP contribution is 1.99. The summed E-state index contributed by atoms with van der Waals surface area (Å²) in [4.78, 5) is 17.2. The number of anilines is 2. The van der Waals surface area contributed by atoms with Crippen molar-refractivity contribution >= 4 is 11.8 Å². The lowest BCUT2D eigenvalue weighted by Crippen LogP contribution is -2.13. The number of nitrogens with one attached hydrogen (secondary N) is 2. The molecule has 0 aliphatic carbocycles. The number of hydrogen-bond donors (Lipinski definition) is 3. The van der Waals surface area contributed by atoms with E-state index < -0.39 is 0 Å². The molecule has 4 N–H and O–H groups in total. The number of hydrogen-bond acceptors (Lipinski definition) is 4. The van der Waals surface area contributed by atoms with Crippen LogP contribution in [0.3, 0.4) is 0 Å². The first-order valence-electron chi connectivity index (χ1n) is 4.33. The van der Waals surface area contributed by atoms with E-state index in [9.17, 15) is 4.79 Å². The molecular weight excluding hydrogens is 168 g/mol. The summed E-state index contributed by atoms with van der Waals surface area (Å²) in [6, 6.07) is 1.39. The third-order valence-corrected chi connectivity index (χ3v) is 1.60. The van der Waals surface area contributed by atoms with Gasteiger partial charge in [0.15, 0.2) is 0 Å². The predicted molar refractivity (Wildman–Crippen MR) is 52.7 cm³/mol. The van der Waals surface area contributed by atoms with Gasteiger partial charge in [-0.3, -0.25) is 9.78 Å². The lowest BCUT2D eigenvalue weighted by atomic mass is 10.3. The van der Waals surface area contributed by atoms with Crippen LogP contribution in [0.5, 0.6) is 0 Å². The fraction of sp³-hybridized carbons (Fsp3) is 0.500. The summed E-state index contributed by atoms with van der Waals surface area (Å²) >= 11 is 0. The molecule has 0 aliphatic heterocycles. The summed E-state index contributed by atoms with van der Waals surface area (Å²) < 4.78 is 0. The van der Waals surface area contributed by atoms with E-state index in [1.54, 1.807) is 0 Å². The maximum absolute atomic E-state index is 10.9. The highest BCUT2D eigenvalue weighted by atomic mass is 16.1. The molecule has 1 aromatic heterocycles. The van der Waals surface area contributed by atoms with Crippen LogP contribution in [0.25, 0.3) is 0 Å². The molecule has 0 radical (unpaired) electrons. The maximum atomic E-state index is 10.9. The molecule has 0 bridgehead atoms. The van der Waals surface area contributed by atoms with Gasteiger partial charge in [-0.1, -0.05) is 13.3 Å². The summed E-state index contributed by atoms with van der Waals surface area (Å²) in [5, 5.41) is 3.02. The van der Waals surface area contributed by atoms with Gasteiger partial charge in [0, 0.05) is 12.6 Å². The van der Waals surface area contributed by atoms with E-state index in [-0.39, 0.29) is 11.5 Å². The number of aromatic nitrogens is 2. The van der Waals surface area contributed by atoms with Gasteiger partial charge in [0.25, 0.3) is 5.56 Å². The summed E-state index contributed by atoms with van der Waals surface area (Å²) in [6.45, 7) is 2.91. The topological polar surface area (TPSA) is 83.8 Å². The van der Waals surface area contributed by atoms with Gasteiger partial charge in [-0.2, -0.15) is 4.98 Å². The van der Waals surface area contributed by atoms with Gasteiger partial charge >= 0.3 is 0 Å². The van der Waals surface area contributed by atoms with Gasteiger partial charge in [-0.15, -0.1) is 0 Å². The molecular formula is C8H14N4O. The zero-order chi connectivity index (χ0) is 9.68. The Kier molecular flexibility index (Phi) is 3.31. The molecule has 13 heavy (non-hydrogen) atoms. The number of nitrogens with two attached hydrogens (primary N) is 1. The second-order valence-electron chi connectivity index (χ2n) is 2.80. The minimum atomic E-state index is -0.230. The second kappa shape index (κ2) is 4.49. The Morgan fingerprint density at radius 1 is 1.69 bits per heavy atom. The third kappa shape index (κ3) is 3.14. The van der Waals surface area contributed by atoms with Crippen molar-refractivity contribution in [1.29, 1.82) is 0 Å². The van der Waals surface area contributed by atoms with E-state index in [1.807, 2.05) is 0 Å². The Morgan fingerprint density at radius 2 is 2.46 bits per heavy atom. The minimum absolute atomic E-state index is 0.145. The van der Waals surface area contributed by atoms with E-state index in [4.69, 9.17) is 5.73 Å². The lowest BCUT2D eigenvalue weighted by molar-refractivity contribution is 0.830. The molecule has 0 aliphatic rings. The second-order valence-corrected chi connectivity index (χ2v) is 2.80. The number of H-pyrrole nitrogens is 1. The van der Waals surface area contributed by atoms with Crippen molar-refractivity contribution in [2.24, 2.45) is 0 Å². The quantitative estimate of drug-likeness (QED) is 0.594. The number of unbranched alkanes of at least 4 members (excludes halogenated alkanes) is 1. The monoisotopic (exact) mass is 182 g/mol. The molecule has 0 unspecified atom stereocenters. The van der Waals surface area contributed by atoms with Crippen molar-refractivity contribution in [1.82, 2.24) is 9.97 Å². The Labute approximate surface area is 76.4 Å². The highest BCUT2D eigenvalue weighted by molar-refractivity contribution is 5.37. The predicted octanol–water partition coefficient (Wildman–Crippen LogP) is 0.564. The lowest BCUT2D eigenvalue weighted by Gasteiger charge is -2.03. The van der Waals surface area contributed by atoms with Crippen molar-refractivity contribution in [3.8, 4) is 0 Å². The van der Waals surface area contributed by atoms with Crippen molar-refractivity contribution in [2.75, 3.05) is 17.6 Å². The van der Waals surface area contributed by atoms with Gasteiger partial charge in [0.1, 0.15) is 5.82 Å². The van der Waals surface area contributed by atoms with Crippen LogP contribution in [0.15, 0.2) is 10.9 Å². The molecule has 1 aromatic rings. The number of nitrogens with zero attached hydrogens (tertiary/aromatic N) is 1. The zero-order valence-corrected chi connectivity index (χ0v) is 7.63. The van der Waals surface area contributed by atoms with Crippen LogP contribution >= 0.6 is 0 Å². The minimum Gasteiger partial charge on any atom is -0.370 e. The van der Waals surface area contributed by atoms with Gasteiger partial charge in [0.05, 0.1) is 0 Å². The molecule has 0 saturated heterocycles. The molecule has 0 atom stereocenters. The Morgan fingerprint density at radius 3 is 3.08 bits per heavy atom. The molecule has 5 nitrogen and oxygen atoms in total. The molecule has 0 aromatic carbocycles. The molecule has 1 heterocycles. The SMILES string of the molecule is CCCCNc1cc(=O)[nH]c(N)n1. The Hall–Kier alpha value is -1.52. The molecule has 0 saturated carbocycles. The summed E-state index contributed by atoms with van der Waals surface area (Å²) in [6.07, 6.45) is 2.15. The molecule has 5 heteroatoms. The zero-order valence-electron chi connectivity index (χ0n) is 7.63. The molecule has 72 valence electrons. The van der Waals surface area contributed by atoms with Crippen LogP contribution in [0.1, 0.15) is 19.8 Å². The van der Waals surface area contributed by atoms with Crippen molar-refractivity contribution in [3.05, 3.63) is 16.4 Å². The molecule has 0 fully saturated rings. The van der Waals surface area contributed by atoms with Crippen molar-refractivity contribution in [3.63, 3.8) is 0 Å². The van der Waals surface area contributed by atoms with Crippen LogP contribution in [-0.2, 0) is 0 Å². The van der Waals surface area contributed by atoms with Gasteiger partial charge in [-0.25, -0.2) is 0 Å². The Balaban J connectivity index is 2.61. The maximum Gasteiger partial charge on any atom is 0.254 e. The van der Waals surface area contributed by atoms with Crippen LogP contribution < -0.4 is 16.6 Å². The Bertz CT molecular complexity index is 320. The molecule has 0 spiro atoms. The first kappa shape index (κ1) is 9.57. The van der Waals surface area contributed by atoms with Gasteiger partial charge < -0.3 is 11.1 Å². The standard InChI is InChI=1S/C8H14N4O/c1-2-3-4-10-6-5-7(13)12-8(9)11-6/h5H,2-4H2,1H3,(H4,9,10,11,12,13). The van der Waals surface area contributed by atoms with Crippen LogP contribution in [0, 0.1) is 0 Å². The van der Waals surface area contributed by atoms with E-state index in [0.29, 0.717) is 5.82 Å². The average Bonchev–Trinajstić information content (AvgIpc) is 2.03. The number of rotatable bonds is 4. The average molecular weight is 182 g/mol. The van der Waals surface area contributed by atoms with E-state index in [2.05, 4.69) is 22.2 Å². The molecule has 1 rings (SSSR count). The first-order chi connectivity index (χ1) is 6.22. The number of nitrogen functional groups attached to an aromatic ring is 1. The van der Waals surface area contributed by atoms with Crippen molar-refractivity contribution in [2.45, 2.75) is 19.8 Å². The number of aromatic amines is 1. The first-order valence-corrected chi connectivity index (χ1v) is 4.33.